The number of anilines is 1. The van der Waals surface area contributed by atoms with Crippen LogP contribution in [0.1, 0.15) is 30.4 Å². The van der Waals surface area contributed by atoms with Gasteiger partial charge in [0.1, 0.15) is 11.3 Å². The number of carbonyl (C=O) groups is 1. The summed E-state index contributed by atoms with van der Waals surface area (Å²) in [7, 11) is 5.53. The average Bonchev–Trinajstić information content (AvgIpc) is 3.30. The topological polar surface area (TPSA) is 63.5 Å². The quantitative estimate of drug-likeness (QED) is 0.526. The van der Waals surface area contributed by atoms with Crippen LogP contribution in [0.3, 0.4) is 0 Å². The molecule has 0 aliphatic carbocycles. The highest BCUT2D eigenvalue weighted by Gasteiger charge is 2.25. The van der Waals surface area contributed by atoms with Gasteiger partial charge in [0, 0.05) is 25.3 Å². The summed E-state index contributed by atoms with van der Waals surface area (Å²) in [6.45, 7) is 5.22. The summed E-state index contributed by atoms with van der Waals surface area (Å²) in [6.07, 6.45) is 1.82. The molecular formula is C19H25Cl2N5O2S. The van der Waals surface area contributed by atoms with Gasteiger partial charge in [0.25, 0.3) is 5.91 Å². The second-order valence-electron chi connectivity index (χ2n) is 6.96. The molecule has 2 aromatic heterocycles. The minimum Gasteiger partial charge on any atom is -0.494 e. The van der Waals surface area contributed by atoms with Crippen LogP contribution in [0, 0.1) is 0 Å². The van der Waals surface area contributed by atoms with Crippen LogP contribution in [0.15, 0.2) is 24.4 Å². The highest BCUT2D eigenvalue weighted by Crippen LogP contribution is 2.39. The molecule has 0 unspecified atom stereocenters. The van der Waals surface area contributed by atoms with Crippen LogP contribution in [0.25, 0.3) is 10.2 Å². The molecule has 29 heavy (non-hydrogen) atoms. The summed E-state index contributed by atoms with van der Waals surface area (Å²) >= 11 is 7.73. The maximum atomic E-state index is 13.2. The van der Waals surface area contributed by atoms with Crippen molar-refractivity contribution in [2.24, 2.45) is 0 Å². The van der Waals surface area contributed by atoms with Crippen molar-refractivity contribution in [2.45, 2.75) is 19.9 Å². The van der Waals surface area contributed by atoms with E-state index in [1.807, 2.05) is 39.0 Å². The first-order chi connectivity index (χ1) is 13.3. The highest BCUT2D eigenvalue weighted by atomic mass is 35.5. The van der Waals surface area contributed by atoms with Crippen molar-refractivity contribution < 1.29 is 9.53 Å². The lowest BCUT2D eigenvalue weighted by atomic mass is 10.3. The molecule has 0 saturated heterocycles. The van der Waals surface area contributed by atoms with Crippen LogP contribution in [-0.2, 0) is 0 Å². The largest absolute Gasteiger partial charge is 0.494 e. The lowest BCUT2D eigenvalue weighted by Crippen LogP contribution is -2.37. The van der Waals surface area contributed by atoms with Crippen molar-refractivity contribution in [1.29, 1.82) is 0 Å². The average molecular weight is 458 g/mol. The molecular weight excluding hydrogens is 433 g/mol. The van der Waals surface area contributed by atoms with Gasteiger partial charge in [0.05, 0.1) is 16.8 Å². The number of ether oxygens (including phenoxy) is 1. The lowest BCUT2D eigenvalue weighted by Gasteiger charge is -2.21. The molecule has 0 radical (unpaired) electrons. The Morgan fingerprint density at radius 2 is 2.00 bits per heavy atom. The summed E-state index contributed by atoms with van der Waals surface area (Å²) in [4.78, 5) is 21.6. The second-order valence-corrected chi connectivity index (χ2v) is 8.34. The number of likely N-dealkylation sites (N-methyl/N-ethyl adjacent to an activating group) is 1. The molecule has 158 valence electrons. The third-order valence-electron chi connectivity index (χ3n) is 4.27. The number of carbonyl (C=O) groups excluding carboxylic acids is 1. The molecule has 0 bridgehead atoms. The van der Waals surface area contributed by atoms with Gasteiger partial charge in [-0.05, 0) is 46.1 Å². The number of hydrogen-bond acceptors (Lipinski definition) is 6. The Hall–Kier alpha value is -1.87. The Kier molecular flexibility index (Phi) is 7.87. The Labute approximate surface area is 185 Å². The SMILES string of the molecule is COc1ccc(Cl)c2sc(N(CCN(C)C)C(=O)c3ccn(C(C)C)n3)nc12.Cl. The van der Waals surface area contributed by atoms with E-state index in [9.17, 15) is 4.79 Å². The second kappa shape index (κ2) is 9.75. The first-order valence-corrected chi connectivity index (χ1v) is 10.2. The molecule has 0 fully saturated rings. The first kappa shape index (κ1) is 23.4. The molecule has 0 saturated carbocycles. The van der Waals surface area contributed by atoms with E-state index in [1.165, 1.54) is 11.3 Å². The maximum Gasteiger partial charge on any atom is 0.280 e. The number of hydrogen-bond donors (Lipinski definition) is 0. The van der Waals surface area contributed by atoms with E-state index in [-0.39, 0.29) is 24.4 Å². The monoisotopic (exact) mass is 457 g/mol. The van der Waals surface area contributed by atoms with E-state index >= 15 is 0 Å². The van der Waals surface area contributed by atoms with Gasteiger partial charge in [-0.25, -0.2) is 4.98 Å². The van der Waals surface area contributed by atoms with Gasteiger partial charge >= 0.3 is 0 Å². The van der Waals surface area contributed by atoms with Crippen LogP contribution >= 0.6 is 35.3 Å². The highest BCUT2D eigenvalue weighted by molar-refractivity contribution is 7.23. The number of methoxy groups -OCH3 is 1. The molecule has 0 atom stereocenters. The van der Waals surface area contributed by atoms with E-state index in [0.29, 0.717) is 40.2 Å². The van der Waals surface area contributed by atoms with E-state index in [1.54, 1.807) is 34.9 Å². The summed E-state index contributed by atoms with van der Waals surface area (Å²) in [5.74, 6) is 0.446. The van der Waals surface area contributed by atoms with Crippen LogP contribution < -0.4 is 9.64 Å². The molecule has 0 aliphatic heterocycles. The van der Waals surface area contributed by atoms with Gasteiger partial charge in [0.2, 0.25) is 0 Å². The molecule has 7 nitrogen and oxygen atoms in total. The number of thiazole rings is 1. The van der Waals surface area contributed by atoms with Crippen molar-refractivity contribution in [1.82, 2.24) is 19.7 Å². The van der Waals surface area contributed by atoms with E-state index in [2.05, 4.69) is 10.1 Å². The molecule has 2 heterocycles. The minimum absolute atomic E-state index is 0. The smallest absolute Gasteiger partial charge is 0.280 e. The fraction of sp³-hybridized carbons (Fsp3) is 0.421. The van der Waals surface area contributed by atoms with Crippen LogP contribution in [0.5, 0.6) is 5.75 Å². The van der Waals surface area contributed by atoms with Crippen molar-refractivity contribution in [3.63, 3.8) is 0 Å². The fourth-order valence-corrected chi connectivity index (χ4v) is 3.96. The van der Waals surface area contributed by atoms with E-state index in [4.69, 9.17) is 16.3 Å². The number of fused-ring (bicyclic) bond motifs is 1. The number of amides is 1. The minimum atomic E-state index is -0.185. The van der Waals surface area contributed by atoms with Crippen molar-refractivity contribution in [2.75, 3.05) is 39.2 Å². The van der Waals surface area contributed by atoms with Gasteiger partial charge in [-0.3, -0.25) is 14.4 Å². The maximum absolute atomic E-state index is 13.2. The molecule has 10 heteroatoms. The molecule has 1 aromatic carbocycles. The number of nitrogens with zero attached hydrogens (tertiary/aromatic N) is 5. The van der Waals surface area contributed by atoms with Crippen molar-refractivity contribution >= 4 is 56.6 Å². The lowest BCUT2D eigenvalue weighted by molar-refractivity contribution is 0.0979. The van der Waals surface area contributed by atoms with E-state index in [0.717, 1.165) is 4.70 Å². The van der Waals surface area contributed by atoms with Crippen LogP contribution in [0.4, 0.5) is 5.13 Å². The molecule has 0 aliphatic rings. The third kappa shape index (κ3) is 5.01. The molecule has 3 rings (SSSR count). The Balaban J connectivity index is 0.00000300. The fourth-order valence-electron chi connectivity index (χ4n) is 2.68. The predicted octanol–water partition coefficient (Wildman–Crippen LogP) is 4.37. The molecule has 0 N–H and O–H groups in total. The van der Waals surface area contributed by atoms with Gasteiger partial charge in [-0.15, -0.1) is 12.4 Å². The van der Waals surface area contributed by atoms with Crippen molar-refractivity contribution in [3.8, 4) is 5.75 Å². The number of halogens is 2. The zero-order valence-corrected chi connectivity index (χ0v) is 19.4. The van der Waals surface area contributed by atoms with Gasteiger partial charge in [0.15, 0.2) is 10.8 Å². The van der Waals surface area contributed by atoms with Gasteiger partial charge < -0.3 is 9.64 Å². The first-order valence-electron chi connectivity index (χ1n) is 8.96. The Morgan fingerprint density at radius 3 is 2.59 bits per heavy atom. The molecule has 0 spiro atoms. The number of rotatable bonds is 7. The summed E-state index contributed by atoms with van der Waals surface area (Å²) < 4.78 is 7.98. The molecule has 3 aromatic rings. The van der Waals surface area contributed by atoms with Gasteiger partial charge in [-0.1, -0.05) is 22.9 Å². The summed E-state index contributed by atoms with van der Waals surface area (Å²) in [5.41, 5.74) is 1.05. The zero-order valence-electron chi connectivity index (χ0n) is 17.0. The zero-order chi connectivity index (χ0) is 20.4. The standard InChI is InChI=1S/C19H24ClN5O2S.ClH/c1-12(2)25-9-8-14(22-25)18(26)24(11-10-23(3)4)19-21-16-15(27-5)7-6-13(20)17(16)28-19;/h6-9,12H,10-11H2,1-5H3;1H. The predicted molar refractivity (Wildman–Crippen MR) is 121 cm³/mol. The normalized spacial score (nSPS) is 11.2. The number of aromatic nitrogens is 3. The summed E-state index contributed by atoms with van der Waals surface area (Å²) in [5, 5.41) is 5.59. The molecule has 1 amide bonds. The van der Waals surface area contributed by atoms with E-state index < -0.39 is 0 Å². The Bertz CT molecular complexity index is 986. The van der Waals surface area contributed by atoms with Crippen LogP contribution in [-0.4, -0.2) is 59.9 Å². The van der Waals surface area contributed by atoms with Crippen LogP contribution in [0.2, 0.25) is 5.02 Å². The summed E-state index contributed by atoms with van der Waals surface area (Å²) in [6, 6.07) is 5.49. The van der Waals surface area contributed by atoms with Gasteiger partial charge in [-0.2, -0.15) is 5.10 Å². The Morgan fingerprint density at radius 1 is 1.28 bits per heavy atom. The third-order valence-corrected chi connectivity index (χ3v) is 5.81. The van der Waals surface area contributed by atoms with Crippen molar-refractivity contribution in [3.05, 3.63) is 35.1 Å². The number of benzene rings is 1.